The van der Waals surface area contributed by atoms with Crippen LogP contribution in [0.3, 0.4) is 0 Å². The summed E-state index contributed by atoms with van der Waals surface area (Å²) in [6.07, 6.45) is -7.90. The van der Waals surface area contributed by atoms with Crippen LogP contribution in [0.5, 0.6) is 0 Å². The van der Waals surface area contributed by atoms with Gasteiger partial charge in [-0.3, -0.25) is 0 Å². The minimum absolute atomic E-state index is 0.0443. The van der Waals surface area contributed by atoms with Gasteiger partial charge >= 0.3 is 0 Å². The van der Waals surface area contributed by atoms with Gasteiger partial charge in [0.25, 0.3) is 0 Å². The topological polar surface area (TPSA) is 219 Å². The lowest BCUT2D eigenvalue weighted by atomic mass is 9.34. The molecule has 9 N–H and O–H groups in total. The number of ether oxygens (including phenoxy) is 4. The van der Waals surface area contributed by atoms with Crippen molar-refractivity contribution in [1.82, 2.24) is 0 Å². The van der Waals surface area contributed by atoms with E-state index in [0.717, 1.165) is 19.3 Å². The lowest BCUT2D eigenvalue weighted by molar-refractivity contribution is -0.377. The molecule has 2 saturated heterocycles. The van der Waals surface area contributed by atoms with Gasteiger partial charge in [-0.05, 0) is 117 Å². The van der Waals surface area contributed by atoms with Gasteiger partial charge in [-0.15, -0.1) is 0 Å². The molecular weight excluding hydrogens is 700 g/mol. The average Bonchev–Trinajstić information content (AvgIpc) is 3.48. The summed E-state index contributed by atoms with van der Waals surface area (Å²) in [6.45, 7) is 16.0. The number of aliphatic hydroxyl groups is 9. The van der Waals surface area contributed by atoms with Crippen LogP contribution in [-0.2, 0) is 18.9 Å². The first-order chi connectivity index (χ1) is 25.0. The van der Waals surface area contributed by atoms with Crippen molar-refractivity contribution in [3.8, 4) is 0 Å². The Bertz CT molecular complexity index is 1350. The molecule has 0 spiro atoms. The van der Waals surface area contributed by atoms with E-state index in [9.17, 15) is 46.0 Å². The maximum Gasteiger partial charge on any atom is 0.187 e. The molecule has 0 unspecified atom stereocenters. The second-order valence-corrected chi connectivity index (χ2v) is 19.8. The second kappa shape index (κ2) is 15.1. The molecule has 312 valence electrons. The van der Waals surface area contributed by atoms with E-state index in [1.807, 2.05) is 20.8 Å². The SMILES string of the molecule is CC(C)=CCC[C@](C)(O)[C@H]1CC[C@]2(C)[C@@H]1[C@H](O)C[C@H]1[C@@]3(C)CC[C@H](O)C(C)(C)[C@H]3[C@@H](O[C@@H]3O[C@H](CO)[C@@H](O)[C@H](O)[C@H]3O[C@@H]3OC[C@@H](O)[C@H](O)[C@H]3O)C[C@]12C. The summed E-state index contributed by atoms with van der Waals surface area (Å²) >= 11 is 0. The Morgan fingerprint density at radius 1 is 0.833 bits per heavy atom. The number of fused-ring (bicyclic) bond motifs is 5. The second-order valence-electron chi connectivity index (χ2n) is 19.8. The van der Waals surface area contributed by atoms with Crippen LogP contribution in [0, 0.1) is 45.3 Å². The smallest absolute Gasteiger partial charge is 0.187 e. The van der Waals surface area contributed by atoms with Crippen molar-refractivity contribution in [2.24, 2.45) is 45.3 Å². The summed E-state index contributed by atoms with van der Waals surface area (Å²) in [5.74, 6) is -0.513. The first kappa shape index (κ1) is 42.8. The van der Waals surface area contributed by atoms with Crippen molar-refractivity contribution in [3.63, 3.8) is 0 Å². The molecule has 0 radical (unpaired) electrons. The molecule has 13 heteroatoms. The summed E-state index contributed by atoms with van der Waals surface area (Å²) in [7, 11) is 0. The van der Waals surface area contributed by atoms with Crippen LogP contribution in [-0.4, -0.2) is 138 Å². The lowest BCUT2D eigenvalue weighted by Gasteiger charge is -2.72. The predicted octanol–water partition coefficient (Wildman–Crippen LogP) is 1.76. The summed E-state index contributed by atoms with van der Waals surface area (Å²) in [5.41, 5.74) is -1.69. The van der Waals surface area contributed by atoms with E-state index in [0.29, 0.717) is 32.1 Å². The standard InChI is InChI=1S/C41H70O13/c1-20(2)10-9-13-41(8,50)21-11-15-39(6)28(21)22(43)16-26-38(5)14-12-27(45)37(3,4)34(38)24(17-40(26,39)7)52-36-33(31(48)30(47)25(18-42)53-36)54-35-32(49)29(46)23(44)19-51-35/h10,21-36,42-50H,9,11-19H2,1-8H3/t21-,22+,23+,24-,25+,26-,27-,28-,29-,30+,31-,32+,33+,34+,35-,36+,38+,39+,40+,41-/m0/s1. The molecule has 20 atom stereocenters. The molecule has 6 rings (SSSR count). The zero-order chi connectivity index (χ0) is 39.9. The monoisotopic (exact) mass is 770 g/mol. The van der Waals surface area contributed by atoms with Crippen molar-refractivity contribution in [2.45, 2.75) is 186 Å². The zero-order valence-electron chi connectivity index (χ0n) is 33.5. The molecule has 0 amide bonds. The van der Waals surface area contributed by atoms with Crippen molar-refractivity contribution in [1.29, 1.82) is 0 Å². The number of aliphatic hydroxyl groups excluding tert-OH is 8. The molecule has 6 aliphatic rings. The third kappa shape index (κ3) is 6.86. The fourth-order valence-electron chi connectivity index (χ4n) is 13.1. The van der Waals surface area contributed by atoms with E-state index in [2.05, 4.69) is 40.7 Å². The first-order valence-corrected chi connectivity index (χ1v) is 20.4. The van der Waals surface area contributed by atoms with Crippen molar-refractivity contribution >= 4 is 0 Å². The minimum Gasteiger partial charge on any atom is -0.394 e. The maximum atomic E-state index is 12.2. The maximum absolute atomic E-state index is 12.2. The Morgan fingerprint density at radius 3 is 2.17 bits per heavy atom. The molecule has 6 fully saturated rings. The molecule has 0 bridgehead atoms. The summed E-state index contributed by atoms with van der Waals surface area (Å²) in [5, 5.41) is 99.6. The number of hydrogen-bond acceptors (Lipinski definition) is 13. The van der Waals surface area contributed by atoms with E-state index in [4.69, 9.17) is 18.9 Å². The molecule has 2 heterocycles. The Hall–Kier alpha value is -0.780. The highest BCUT2D eigenvalue weighted by atomic mass is 16.8. The van der Waals surface area contributed by atoms with Gasteiger partial charge in [0.2, 0.25) is 0 Å². The van der Waals surface area contributed by atoms with Gasteiger partial charge in [0.15, 0.2) is 12.6 Å². The quantitative estimate of drug-likeness (QED) is 0.121. The van der Waals surface area contributed by atoms with Gasteiger partial charge in [-0.2, -0.15) is 0 Å². The van der Waals surface area contributed by atoms with Crippen LogP contribution in [0.2, 0.25) is 0 Å². The largest absolute Gasteiger partial charge is 0.394 e. The average molecular weight is 771 g/mol. The van der Waals surface area contributed by atoms with Crippen LogP contribution in [0.1, 0.15) is 107 Å². The molecule has 0 aromatic rings. The number of allylic oxidation sites excluding steroid dienone is 2. The van der Waals surface area contributed by atoms with E-state index >= 15 is 0 Å². The molecule has 13 nitrogen and oxygen atoms in total. The van der Waals surface area contributed by atoms with Crippen molar-refractivity contribution in [3.05, 3.63) is 11.6 Å². The highest BCUT2D eigenvalue weighted by molar-refractivity contribution is 5.22. The van der Waals surface area contributed by atoms with Gasteiger partial charge in [0, 0.05) is 0 Å². The first-order valence-electron chi connectivity index (χ1n) is 20.4. The summed E-state index contributed by atoms with van der Waals surface area (Å²) in [6, 6.07) is 0. The summed E-state index contributed by atoms with van der Waals surface area (Å²) in [4.78, 5) is 0. The van der Waals surface area contributed by atoms with Crippen LogP contribution < -0.4 is 0 Å². The third-order valence-corrected chi connectivity index (χ3v) is 16.1. The van der Waals surface area contributed by atoms with E-state index in [-0.39, 0.29) is 30.3 Å². The highest BCUT2D eigenvalue weighted by Crippen LogP contribution is 2.76. The van der Waals surface area contributed by atoms with Crippen LogP contribution in [0.25, 0.3) is 0 Å². The zero-order valence-corrected chi connectivity index (χ0v) is 33.5. The Kier molecular flexibility index (Phi) is 12.0. The molecule has 0 aromatic heterocycles. The predicted molar refractivity (Wildman–Crippen MR) is 196 cm³/mol. The molecule has 0 aromatic carbocycles. The Labute approximate surface area is 320 Å². The Morgan fingerprint density at radius 2 is 1.52 bits per heavy atom. The van der Waals surface area contributed by atoms with Gasteiger partial charge < -0.3 is 64.9 Å². The molecule has 4 saturated carbocycles. The molecule has 4 aliphatic carbocycles. The number of hydrogen-bond donors (Lipinski definition) is 9. The Balaban J connectivity index is 1.38. The van der Waals surface area contributed by atoms with Gasteiger partial charge in [0.05, 0.1) is 37.1 Å². The lowest BCUT2D eigenvalue weighted by Crippen LogP contribution is -2.71. The molecular formula is C41H70O13. The van der Waals surface area contributed by atoms with Gasteiger partial charge in [-0.25, -0.2) is 0 Å². The minimum atomic E-state index is -1.68. The summed E-state index contributed by atoms with van der Waals surface area (Å²) < 4.78 is 24.8. The normalized spacial score (nSPS) is 52.8. The van der Waals surface area contributed by atoms with Crippen molar-refractivity contribution in [2.75, 3.05) is 13.2 Å². The van der Waals surface area contributed by atoms with E-state index in [1.165, 1.54) is 5.57 Å². The fraction of sp³-hybridized carbons (Fsp3) is 0.951. The fourth-order valence-corrected chi connectivity index (χ4v) is 13.1. The van der Waals surface area contributed by atoms with Crippen molar-refractivity contribution < 1.29 is 64.9 Å². The van der Waals surface area contributed by atoms with Gasteiger partial charge in [-0.1, -0.05) is 46.3 Å². The van der Waals surface area contributed by atoms with Crippen LogP contribution in [0.4, 0.5) is 0 Å². The van der Waals surface area contributed by atoms with E-state index in [1.54, 1.807) is 0 Å². The van der Waals surface area contributed by atoms with Crippen LogP contribution in [0.15, 0.2) is 11.6 Å². The van der Waals surface area contributed by atoms with Gasteiger partial charge in [0.1, 0.15) is 42.7 Å². The van der Waals surface area contributed by atoms with Crippen LogP contribution >= 0.6 is 0 Å². The number of rotatable bonds is 9. The molecule has 2 aliphatic heterocycles. The van der Waals surface area contributed by atoms with E-state index < -0.39 is 107 Å². The highest BCUT2D eigenvalue weighted by Gasteiger charge is 2.73. The molecule has 54 heavy (non-hydrogen) atoms. The third-order valence-electron chi connectivity index (χ3n) is 16.1.